The van der Waals surface area contributed by atoms with Crippen molar-refractivity contribution < 1.29 is 0 Å². The Balaban J connectivity index is 1.29. The molecule has 8 aromatic rings. The average molecular weight is 612 g/mol. The van der Waals surface area contributed by atoms with Crippen LogP contribution in [0.25, 0.3) is 53.5 Å². The van der Waals surface area contributed by atoms with E-state index in [0.29, 0.717) is 0 Å². The fraction of sp³-hybridized carbons (Fsp3) is 0.0952. The number of hydrogen-bond acceptors (Lipinski definition) is 4. The minimum atomic E-state index is 0.0788. The Kier molecular flexibility index (Phi) is 6.88. The predicted molar refractivity (Wildman–Crippen MR) is 197 cm³/mol. The average Bonchev–Trinajstić information content (AvgIpc) is 3.49. The summed E-state index contributed by atoms with van der Waals surface area (Å²) in [5.41, 5.74) is 7.61. The molecule has 222 valence electrons. The molecule has 0 radical (unpaired) electrons. The molecule has 0 saturated heterocycles. The van der Waals surface area contributed by atoms with Crippen molar-refractivity contribution in [2.75, 3.05) is 4.90 Å². The molecular formula is C42H33N3S. The Labute approximate surface area is 273 Å². The molecule has 3 heterocycles. The highest BCUT2D eigenvalue weighted by Crippen LogP contribution is 2.44. The van der Waals surface area contributed by atoms with E-state index in [2.05, 4.69) is 153 Å². The van der Waals surface area contributed by atoms with Gasteiger partial charge in [-0.25, -0.2) is 4.98 Å². The summed E-state index contributed by atoms with van der Waals surface area (Å²) in [5, 5.41) is 5.14. The molecule has 0 aliphatic heterocycles. The van der Waals surface area contributed by atoms with Crippen LogP contribution in [0.5, 0.6) is 0 Å². The van der Waals surface area contributed by atoms with Crippen LogP contribution in [0.1, 0.15) is 26.3 Å². The lowest BCUT2D eigenvalue weighted by molar-refractivity contribution is 0.591. The molecular weight excluding hydrogens is 579 g/mol. The molecule has 0 saturated carbocycles. The quantitative estimate of drug-likeness (QED) is 0.194. The largest absolute Gasteiger partial charge is 0.295 e. The number of pyridine rings is 2. The van der Waals surface area contributed by atoms with Gasteiger partial charge in [0.25, 0.3) is 0 Å². The monoisotopic (exact) mass is 611 g/mol. The third kappa shape index (κ3) is 5.01. The molecule has 5 aromatic carbocycles. The van der Waals surface area contributed by atoms with Gasteiger partial charge in [-0.3, -0.25) is 9.88 Å². The van der Waals surface area contributed by atoms with Gasteiger partial charge in [-0.2, -0.15) is 0 Å². The molecule has 0 unspecified atom stereocenters. The molecule has 46 heavy (non-hydrogen) atoms. The molecule has 4 heteroatoms. The molecule has 0 atom stereocenters. The van der Waals surface area contributed by atoms with E-state index in [-0.39, 0.29) is 5.41 Å². The Morgan fingerprint density at radius 3 is 2.13 bits per heavy atom. The Bertz CT molecular complexity index is 2350. The molecule has 8 rings (SSSR count). The van der Waals surface area contributed by atoms with Gasteiger partial charge < -0.3 is 0 Å². The smallest absolute Gasteiger partial charge is 0.138 e. The zero-order valence-corrected chi connectivity index (χ0v) is 26.9. The normalized spacial score (nSPS) is 11.8. The van der Waals surface area contributed by atoms with Crippen molar-refractivity contribution in [1.29, 1.82) is 0 Å². The van der Waals surface area contributed by atoms with Crippen LogP contribution in [0.2, 0.25) is 0 Å². The first-order chi connectivity index (χ1) is 22.4. The fourth-order valence-corrected chi connectivity index (χ4v) is 7.52. The highest BCUT2D eigenvalue weighted by Gasteiger charge is 2.19. The first kappa shape index (κ1) is 28.2. The minimum absolute atomic E-state index is 0.0788. The number of aromatic nitrogens is 2. The maximum atomic E-state index is 5.14. The van der Waals surface area contributed by atoms with Gasteiger partial charge in [0.1, 0.15) is 5.82 Å². The van der Waals surface area contributed by atoms with E-state index in [1.54, 1.807) is 0 Å². The van der Waals surface area contributed by atoms with Gasteiger partial charge in [0.15, 0.2) is 0 Å². The third-order valence-electron chi connectivity index (χ3n) is 8.66. The number of nitrogens with zero attached hydrogens (tertiary/aromatic N) is 3. The van der Waals surface area contributed by atoms with Crippen LogP contribution >= 0.6 is 11.3 Å². The van der Waals surface area contributed by atoms with Crippen molar-refractivity contribution in [1.82, 2.24) is 9.97 Å². The van der Waals surface area contributed by atoms with E-state index in [0.717, 1.165) is 39.7 Å². The summed E-state index contributed by atoms with van der Waals surface area (Å²) in [6, 6.07) is 49.3. The lowest BCUT2D eigenvalue weighted by Gasteiger charge is -2.25. The zero-order chi connectivity index (χ0) is 31.3. The van der Waals surface area contributed by atoms with E-state index in [1.165, 1.54) is 36.5 Å². The van der Waals surface area contributed by atoms with Crippen molar-refractivity contribution in [2.24, 2.45) is 0 Å². The van der Waals surface area contributed by atoms with E-state index in [9.17, 15) is 0 Å². The summed E-state index contributed by atoms with van der Waals surface area (Å²) in [6.45, 7) is 6.84. The maximum Gasteiger partial charge on any atom is 0.138 e. The first-order valence-corrected chi connectivity index (χ1v) is 16.5. The molecule has 0 bridgehead atoms. The highest BCUT2D eigenvalue weighted by atomic mass is 32.1. The van der Waals surface area contributed by atoms with E-state index >= 15 is 0 Å². The predicted octanol–water partition coefficient (Wildman–Crippen LogP) is 12.1. The summed E-state index contributed by atoms with van der Waals surface area (Å²) in [4.78, 5) is 12.4. The number of para-hydroxylation sites is 1. The molecule has 0 aliphatic rings. The van der Waals surface area contributed by atoms with Gasteiger partial charge in [-0.1, -0.05) is 106 Å². The number of hydrogen-bond donors (Lipinski definition) is 0. The molecule has 0 spiro atoms. The second kappa shape index (κ2) is 11.2. The van der Waals surface area contributed by atoms with Gasteiger partial charge in [-0.05, 0) is 76.3 Å². The van der Waals surface area contributed by atoms with Crippen molar-refractivity contribution in [3.8, 4) is 22.5 Å². The number of benzene rings is 5. The van der Waals surface area contributed by atoms with Crippen molar-refractivity contribution in [2.45, 2.75) is 26.2 Å². The Morgan fingerprint density at radius 1 is 0.609 bits per heavy atom. The molecule has 0 N–H and O–H groups in total. The SMILES string of the molecule is CC(C)(C)c1ccc2ccc3sc4c(-c5cccc(N(c6ccccc6)c6cccc(-c7ccccc7)n6)c5)nccc4c3c2c1. The lowest BCUT2D eigenvalue weighted by atomic mass is 9.85. The van der Waals surface area contributed by atoms with Gasteiger partial charge in [0.2, 0.25) is 0 Å². The van der Waals surface area contributed by atoms with Crippen LogP contribution in [0.4, 0.5) is 17.2 Å². The van der Waals surface area contributed by atoms with Gasteiger partial charge in [0.05, 0.1) is 16.1 Å². The number of thiophene rings is 1. The lowest BCUT2D eigenvalue weighted by Crippen LogP contribution is -2.11. The van der Waals surface area contributed by atoms with Crippen LogP contribution < -0.4 is 4.90 Å². The second-order valence-corrected chi connectivity index (χ2v) is 13.8. The van der Waals surface area contributed by atoms with Gasteiger partial charge >= 0.3 is 0 Å². The van der Waals surface area contributed by atoms with Gasteiger partial charge in [0, 0.05) is 44.2 Å². The van der Waals surface area contributed by atoms with Crippen molar-refractivity contribution in [3.63, 3.8) is 0 Å². The molecule has 0 fully saturated rings. The van der Waals surface area contributed by atoms with E-state index in [4.69, 9.17) is 9.97 Å². The Hall–Kier alpha value is -5.32. The maximum absolute atomic E-state index is 5.14. The minimum Gasteiger partial charge on any atom is -0.295 e. The van der Waals surface area contributed by atoms with Crippen LogP contribution in [-0.2, 0) is 5.41 Å². The summed E-state index contributed by atoms with van der Waals surface area (Å²) in [7, 11) is 0. The zero-order valence-electron chi connectivity index (χ0n) is 26.1. The second-order valence-electron chi connectivity index (χ2n) is 12.7. The van der Waals surface area contributed by atoms with Crippen LogP contribution in [0.3, 0.4) is 0 Å². The van der Waals surface area contributed by atoms with Crippen LogP contribution in [0, 0.1) is 0 Å². The standard InChI is InChI=1S/C42H33N3S/c1-42(2,3)31-22-20-28-21-23-37-39(35(28)27-31)34-24-25-43-40(41(34)46-37)30-14-10-17-33(26-30)45(32-15-8-5-9-16-32)38-19-11-18-36(44-38)29-12-6-4-7-13-29/h4-27H,1-3H3. The summed E-state index contributed by atoms with van der Waals surface area (Å²) in [6.07, 6.45) is 1.96. The fourth-order valence-electron chi connectivity index (χ4n) is 6.29. The number of anilines is 3. The van der Waals surface area contributed by atoms with Crippen LogP contribution in [-0.4, -0.2) is 9.97 Å². The number of fused-ring (bicyclic) bond motifs is 5. The number of rotatable bonds is 5. The molecule has 3 aromatic heterocycles. The third-order valence-corrected chi connectivity index (χ3v) is 9.84. The molecule has 3 nitrogen and oxygen atoms in total. The van der Waals surface area contributed by atoms with Crippen LogP contribution in [0.15, 0.2) is 146 Å². The highest BCUT2D eigenvalue weighted by molar-refractivity contribution is 7.26. The molecule has 0 aliphatic carbocycles. The summed E-state index contributed by atoms with van der Waals surface area (Å²) < 4.78 is 2.49. The van der Waals surface area contributed by atoms with Gasteiger partial charge in [-0.15, -0.1) is 11.3 Å². The van der Waals surface area contributed by atoms with Crippen molar-refractivity contribution in [3.05, 3.63) is 151 Å². The summed E-state index contributed by atoms with van der Waals surface area (Å²) in [5.74, 6) is 0.860. The Morgan fingerprint density at radius 2 is 1.33 bits per heavy atom. The van der Waals surface area contributed by atoms with E-state index < -0.39 is 0 Å². The summed E-state index contributed by atoms with van der Waals surface area (Å²) >= 11 is 1.83. The van der Waals surface area contributed by atoms with E-state index in [1.807, 2.05) is 29.7 Å². The molecule has 0 amide bonds. The first-order valence-electron chi connectivity index (χ1n) is 15.7. The van der Waals surface area contributed by atoms with Crippen molar-refractivity contribution >= 4 is 59.5 Å². The topological polar surface area (TPSA) is 29.0 Å².